The number of nitrogen functional groups attached to an aromatic ring is 1. The van der Waals surface area contributed by atoms with Crippen LogP contribution in [0.1, 0.15) is 29.6 Å². The third-order valence-electron chi connectivity index (χ3n) is 4.41. The summed E-state index contributed by atoms with van der Waals surface area (Å²) in [7, 11) is 0. The first-order valence-electron chi connectivity index (χ1n) is 8.38. The zero-order valence-electron chi connectivity index (χ0n) is 14.5. The molecule has 5 nitrogen and oxygen atoms in total. The largest absolute Gasteiger partial charge is 0.399 e. The van der Waals surface area contributed by atoms with Crippen molar-refractivity contribution in [2.24, 2.45) is 0 Å². The highest BCUT2D eigenvalue weighted by Gasteiger charge is 2.32. The molecule has 1 aliphatic rings. The van der Waals surface area contributed by atoms with Gasteiger partial charge in [-0.25, -0.2) is 0 Å². The Balaban J connectivity index is 0.00000261. The van der Waals surface area contributed by atoms with Gasteiger partial charge in [-0.15, -0.1) is 12.4 Å². The number of likely N-dealkylation sites (tertiary alicyclic amines) is 1. The normalized spacial score (nSPS) is 16.4. The van der Waals surface area contributed by atoms with E-state index in [1.165, 1.54) is 0 Å². The molecule has 2 aromatic carbocycles. The summed E-state index contributed by atoms with van der Waals surface area (Å²) in [5, 5.41) is 3.66. The van der Waals surface area contributed by atoms with E-state index >= 15 is 0 Å². The molecule has 1 aliphatic heterocycles. The topological polar surface area (TPSA) is 75.4 Å². The summed E-state index contributed by atoms with van der Waals surface area (Å²) in [5.41, 5.74) is 7.27. The number of nitrogens with zero attached hydrogens (tertiary/aromatic N) is 1. The van der Waals surface area contributed by atoms with Gasteiger partial charge in [0.1, 0.15) is 6.04 Å². The molecule has 0 spiro atoms. The van der Waals surface area contributed by atoms with Crippen LogP contribution in [0.4, 0.5) is 11.4 Å². The van der Waals surface area contributed by atoms with Crippen LogP contribution in [-0.2, 0) is 4.79 Å². The lowest BCUT2D eigenvalue weighted by molar-refractivity contribution is -0.121. The molecule has 0 radical (unpaired) electrons. The minimum atomic E-state index is -0.541. The van der Waals surface area contributed by atoms with Crippen molar-refractivity contribution >= 4 is 58.8 Å². The molecule has 144 valence electrons. The summed E-state index contributed by atoms with van der Waals surface area (Å²) in [4.78, 5) is 27.3. The van der Waals surface area contributed by atoms with Gasteiger partial charge in [-0.2, -0.15) is 0 Å². The average molecular weight is 429 g/mol. The summed E-state index contributed by atoms with van der Waals surface area (Å²) in [5.74, 6) is -0.426. The molecule has 1 fully saturated rings. The number of carbonyl (C=O) groups excluding carboxylic acids is 2. The Morgan fingerprint density at radius 3 is 2.44 bits per heavy atom. The predicted molar refractivity (Wildman–Crippen MR) is 112 cm³/mol. The monoisotopic (exact) mass is 427 g/mol. The number of rotatable bonds is 3. The fraction of sp³-hybridized carbons (Fsp3) is 0.263. The highest BCUT2D eigenvalue weighted by atomic mass is 35.5. The number of carbonyl (C=O) groups is 2. The van der Waals surface area contributed by atoms with Gasteiger partial charge in [0.15, 0.2) is 0 Å². The molecule has 3 N–H and O–H groups in total. The van der Waals surface area contributed by atoms with Crippen LogP contribution in [0.25, 0.3) is 0 Å². The fourth-order valence-corrected chi connectivity index (χ4v) is 3.50. The van der Waals surface area contributed by atoms with Crippen molar-refractivity contribution in [1.29, 1.82) is 0 Å². The molecule has 0 aliphatic carbocycles. The Hall–Kier alpha value is -1.95. The minimum Gasteiger partial charge on any atom is -0.399 e. The van der Waals surface area contributed by atoms with Crippen LogP contribution < -0.4 is 11.1 Å². The highest BCUT2D eigenvalue weighted by molar-refractivity contribution is 6.36. The van der Waals surface area contributed by atoms with E-state index in [0.717, 1.165) is 12.8 Å². The molecule has 27 heavy (non-hydrogen) atoms. The molecule has 1 heterocycles. The average Bonchev–Trinajstić information content (AvgIpc) is 2.64. The van der Waals surface area contributed by atoms with Crippen LogP contribution in [0.5, 0.6) is 0 Å². The number of hydrogen-bond donors (Lipinski definition) is 2. The van der Waals surface area contributed by atoms with E-state index in [9.17, 15) is 9.59 Å². The number of amides is 2. The van der Waals surface area contributed by atoms with E-state index < -0.39 is 6.04 Å². The van der Waals surface area contributed by atoms with Crippen molar-refractivity contribution in [3.63, 3.8) is 0 Å². The molecule has 0 bridgehead atoms. The van der Waals surface area contributed by atoms with Gasteiger partial charge in [-0.05, 0) is 61.7 Å². The summed E-state index contributed by atoms with van der Waals surface area (Å²) in [6, 6.07) is 11.0. The van der Waals surface area contributed by atoms with E-state index in [1.807, 2.05) is 0 Å². The van der Waals surface area contributed by atoms with Crippen molar-refractivity contribution in [3.8, 4) is 0 Å². The van der Waals surface area contributed by atoms with Crippen LogP contribution in [0.15, 0.2) is 42.5 Å². The molecule has 2 aromatic rings. The molecule has 3 rings (SSSR count). The first-order chi connectivity index (χ1) is 12.5. The number of hydrogen-bond acceptors (Lipinski definition) is 3. The van der Waals surface area contributed by atoms with Crippen LogP contribution in [-0.4, -0.2) is 29.3 Å². The summed E-state index contributed by atoms with van der Waals surface area (Å²) < 4.78 is 0. The predicted octanol–water partition coefficient (Wildman–Crippen LogP) is 4.63. The molecule has 0 saturated carbocycles. The van der Waals surface area contributed by atoms with Crippen LogP contribution in [0.2, 0.25) is 10.0 Å². The Kier molecular flexibility index (Phi) is 7.36. The highest BCUT2D eigenvalue weighted by Crippen LogP contribution is 2.27. The second-order valence-corrected chi connectivity index (χ2v) is 7.09. The number of nitrogens with one attached hydrogen (secondary N) is 1. The molecule has 8 heteroatoms. The second-order valence-electron chi connectivity index (χ2n) is 6.25. The van der Waals surface area contributed by atoms with Gasteiger partial charge >= 0.3 is 0 Å². The number of piperidine rings is 1. The van der Waals surface area contributed by atoms with Gasteiger partial charge in [-0.3, -0.25) is 9.59 Å². The molecule has 1 atom stereocenters. The van der Waals surface area contributed by atoms with Crippen molar-refractivity contribution in [1.82, 2.24) is 4.90 Å². The summed E-state index contributed by atoms with van der Waals surface area (Å²) >= 11 is 12.0. The SMILES string of the molecule is Cl.Nc1ccc(C(=O)N2CCCCC2C(=O)Nc2ccc(Cl)cc2Cl)cc1. The molecular weight excluding hydrogens is 409 g/mol. The van der Waals surface area contributed by atoms with Gasteiger partial charge < -0.3 is 16.0 Å². The third kappa shape index (κ3) is 5.06. The minimum absolute atomic E-state index is 0. The molecule has 1 saturated heterocycles. The quantitative estimate of drug-likeness (QED) is 0.700. The van der Waals surface area contributed by atoms with E-state index in [-0.39, 0.29) is 24.2 Å². The Morgan fingerprint density at radius 2 is 1.78 bits per heavy atom. The lowest BCUT2D eigenvalue weighted by atomic mass is 9.99. The van der Waals surface area contributed by atoms with E-state index in [4.69, 9.17) is 28.9 Å². The summed E-state index contributed by atoms with van der Waals surface area (Å²) in [6.07, 6.45) is 2.36. The Morgan fingerprint density at radius 1 is 1.07 bits per heavy atom. The number of benzene rings is 2. The van der Waals surface area contributed by atoms with E-state index in [2.05, 4.69) is 5.32 Å². The van der Waals surface area contributed by atoms with Gasteiger partial charge in [0.2, 0.25) is 5.91 Å². The Bertz CT molecular complexity index is 827. The van der Waals surface area contributed by atoms with Gasteiger partial charge in [0.05, 0.1) is 10.7 Å². The molecule has 0 aromatic heterocycles. The van der Waals surface area contributed by atoms with E-state index in [0.29, 0.717) is 39.9 Å². The zero-order chi connectivity index (χ0) is 18.7. The van der Waals surface area contributed by atoms with Crippen molar-refractivity contribution in [3.05, 3.63) is 58.1 Å². The van der Waals surface area contributed by atoms with Crippen LogP contribution >= 0.6 is 35.6 Å². The van der Waals surface area contributed by atoms with E-state index in [1.54, 1.807) is 47.4 Å². The second kappa shape index (κ2) is 9.31. The summed E-state index contributed by atoms with van der Waals surface area (Å²) in [6.45, 7) is 0.537. The smallest absolute Gasteiger partial charge is 0.254 e. The van der Waals surface area contributed by atoms with Gasteiger partial charge in [0.25, 0.3) is 5.91 Å². The maximum Gasteiger partial charge on any atom is 0.254 e. The third-order valence-corrected chi connectivity index (χ3v) is 4.96. The lowest BCUT2D eigenvalue weighted by Gasteiger charge is -2.34. The van der Waals surface area contributed by atoms with Crippen molar-refractivity contribution in [2.45, 2.75) is 25.3 Å². The first kappa shape index (κ1) is 21.4. The lowest BCUT2D eigenvalue weighted by Crippen LogP contribution is -2.50. The van der Waals surface area contributed by atoms with Gasteiger partial charge in [0, 0.05) is 22.8 Å². The standard InChI is InChI=1S/C19H19Cl2N3O2.ClH/c20-13-6-9-16(15(21)11-13)23-18(25)17-3-1-2-10-24(17)19(26)12-4-7-14(22)8-5-12;/h4-9,11,17H,1-3,10,22H2,(H,23,25);1H. The number of anilines is 2. The fourth-order valence-electron chi connectivity index (χ4n) is 3.05. The van der Waals surface area contributed by atoms with Gasteiger partial charge in [-0.1, -0.05) is 23.2 Å². The van der Waals surface area contributed by atoms with Crippen molar-refractivity contribution < 1.29 is 9.59 Å². The zero-order valence-corrected chi connectivity index (χ0v) is 16.8. The maximum absolute atomic E-state index is 12.9. The van der Waals surface area contributed by atoms with Crippen LogP contribution in [0.3, 0.4) is 0 Å². The van der Waals surface area contributed by atoms with Crippen LogP contribution in [0, 0.1) is 0 Å². The maximum atomic E-state index is 12.9. The number of nitrogens with two attached hydrogens (primary N) is 1. The first-order valence-corrected chi connectivity index (χ1v) is 9.14. The Labute approximate surface area is 174 Å². The molecular formula is C19H20Cl3N3O2. The number of halogens is 3. The molecule has 1 unspecified atom stereocenters. The molecule has 2 amide bonds. The van der Waals surface area contributed by atoms with Crippen molar-refractivity contribution in [2.75, 3.05) is 17.6 Å².